The van der Waals surface area contributed by atoms with E-state index in [9.17, 15) is 0 Å². The molecule has 0 aliphatic heterocycles. The highest BCUT2D eigenvalue weighted by molar-refractivity contribution is 14.0. The topological polar surface area (TPSA) is 54.2 Å². The van der Waals surface area contributed by atoms with Gasteiger partial charge in [-0.05, 0) is 59.2 Å². The summed E-state index contributed by atoms with van der Waals surface area (Å²) in [5.74, 6) is 0.827. The number of hydrogen-bond acceptors (Lipinski definition) is 2. The standard InChI is InChI=1S/C19H29N5.HI/c1-7-20-18(22-19(4,5)6)21-13-16-10-8-9-11-17(16)24-15(3)12-14(2)23-24;/h8-12H,7,13H2,1-6H3,(H2,20,21,22);1H. The van der Waals surface area contributed by atoms with E-state index in [4.69, 9.17) is 4.99 Å². The molecule has 5 nitrogen and oxygen atoms in total. The molecule has 1 aromatic carbocycles. The summed E-state index contributed by atoms with van der Waals surface area (Å²) >= 11 is 0. The Labute approximate surface area is 168 Å². The van der Waals surface area contributed by atoms with E-state index in [1.807, 2.05) is 23.7 Å². The Morgan fingerprint density at radius 2 is 1.88 bits per heavy atom. The number of nitrogens with zero attached hydrogens (tertiary/aromatic N) is 3. The van der Waals surface area contributed by atoms with Gasteiger partial charge in [-0.15, -0.1) is 24.0 Å². The maximum Gasteiger partial charge on any atom is 0.191 e. The summed E-state index contributed by atoms with van der Waals surface area (Å²) < 4.78 is 1.99. The van der Waals surface area contributed by atoms with Crippen LogP contribution in [0.25, 0.3) is 5.69 Å². The fourth-order valence-electron chi connectivity index (χ4n) is 2.55. The minimum atomic E-state index is -0.0315. The molecule has 25 heavy (non-hydrogen) atoms. The van der Waals surface area contributed by atoms with Gasteiger partial charge < -0.3 is 10.6 Å². The summed E-state index contributed by atoms with van der Waals surface area (Å²) in [5, 5.41) is 11.3. The van der Waals surface area contributed by atoms with Crippen LogP contribution in [0.3, 0.4) is 0 Å². The number of aliphatic imine (C=N–C) groups is 1. The minimum Gasteiger partial charge on any atom is -0.357 e. The van der Waals surface area contributed by atoms with Gasteiger partial charge in [-0.3, -0.25) is 0 Å². The summed E-state index contributed by atoms with van der Waals surface area (Å²) in [7, 11) is 0. The van der Waals surface area contributed by atoms with Gasteiger partial charge in [-0.1, -0.05) is 18.2 Å². The van der Waals surface area contributed by atoms with Crippen LogP contribution in [0.1, 0.15) is 44.6 Å². The lowest BCUT2D eigenvalue weighted by Crippen LogP contribution is -2.47. The van der Waals surface area contributed by atoms with E-state index in [2.05, 4.69) is 68.6 Å². The van der Waals surface area contributed by atoms with Crippen molar-refractivity contribution >= 4 is 29.9 Å². The molecule has 0 radical (unpaired) electrons. The molecule has 0 saturated heterocycles. The quantitative estimate of drug-likeness (QED) is 0.417. The first-order valence-electron chi connectivity index (χ1n) is 8.48. The van der Waals surface area contributed by atoms with Gasteiger partial charge in [-0.2, -0.15) is 5.10 Å². The SMILES string of the molecule is CCNC(=NCc1ccccc1-n1nc(C)cc1C)NC(C)(C)C.I. The van der Waals surface area contributed by atoms with Crippen molar-refractivity contribution in [3.63, 3.8) is 0 Å². The summed E-state index contributed by atoms with van der Waals surface area (Å²) in [6.45, 7) is 14.0. The third kappa shape index (κ3) is 6.34. The molecule has 0 fully saturated rings. The zero-order valence-corrected chi connectivity index (χ0v) is 18.4. The highest BCUT2D eigenvalue weighted by Gasteiger charge is 2.12. The van der Waals surface area contributed by atoms with Crippen LogP contribution >= 0.6 is 24.0 Å². The smallest absolute Gasteiger partial charge is 0.191 e. The van der Waals surface area contributed by atoms with Crippen LogP contribution in [-0.4, -0.2) is 27.8 Å². The Morgan fingerprint density at radius 1 is 1.20 bits per heavy atom. The molecule has 2 rings (SSSR count). The number of halogens is 1. The highest BCUT2D eigenvalue weighted by Crippen LogP contribution is 2.17. The fraction of sp³-hybridized carbons (Fsp3) is 0.474. The number of benzene rings is 1. The van der Waals surface area contributed by atoms with Crippen LogP contribution < -0.4 is 10.6 Å². The maximum atomic E-state index is 4.75. The van der Waals surface area contributed by atoms with Crippen molar-refractivity contribution in [2.45, 2.75) is 53.6 Å². The van der Waals surface area contributed by atoms with Crippen LogP contribution in [0.15, 0.2) is 35.3 Å². The zero-order chi connectivity index (χ0) is 17.7. The normalized spacial score (nSPS) is 11.8. The number of rotatable bonds is 4. The molecular formula is C19H30IN5. The predicted molar refractivity (Wildman–Crippen MR) is 116 cm³/mol. The third-order valence-electron chi connectivity index (χ3n) is 3.47. The zero-order valence-electron chi connectivity index (χ0n) is 16.1. The molecule has 0 aliphatic rings. The molecule has 0 amide bonds. The minimum absolute atomic E-state index is 0. The van der Waals surface area contributed by atoms with Crippen LogP contribution in [0.2, 0.25) is 0 Å². The van der Waals surface area contributed by atoms with E-state index in [1.54, 1.807) is 0 Å². The van der Waals surface area contributed by atoms with Crippen molar-refractivity contribution in [1.82, 2.24) is 20.4 Å². The van der Waals surface area contributed by atoms with E-state index >= 15 is 0 Å². The summed E-state index contributed by atoms with van der Waals surface area (Å²) in [5.41, 5.74) is 4.35. The summed E-state index contributed by atoms with van der Waals surface area (Å²) in [6.07, 6.45) is 0. The number of guanidine groups is 1. The third-order valence-corrected chi connectivity index (χ3v) is 3.47. The molecule has 0 saturated carbocycles. The van der Waals surface area contributed by atoms with Gasteiger partial charge in [0.1, 0.15) is 0 Å². The van der Waals surface area contributed by atoms with E-state index in [-0.39, 0.29) is 29.5 Å². The van der Waals surface area contributed by atoms with Crippen molar-refractivity contribution in [2.75, 3.05) is 6.54 Å². The number of aryl methyl sites for hydroxylation is 2. The Morgan fingerprint density at radius 3 is 2.44 bits per heavy atom. The van der Waals surface area contributed by atoms with Gasteiger partial charge in [0.05, 0.1) is 17.9 Å². The molecule has 0 unspecified atom stereocenters. The molecule has 0 spiro atoms. The molecule has 0 atom stereocenters. The van der Waals surface area contributed by atoms with E-state index in [0.29, 0.717) is 6.54 Å². The Balaban J connectivity index is 0.00000312. The Hall–Kier alpha value is -1.57. The van der Waals surface area contributed by atoms with Crippen LogP contribution in [0.4, 0.5) is 0 Å². The van der Waals surface area contributed by atoms with Crippen molar-refractivity contribution in [1.29, 1.82) is 0 Å². The second kappa shape index (κ2) is 9.22. The van der Waals surface area contributed by atoms with Gasteiger partial charge in [-0.25, -0.2) is 9.67 Å². The van der Waals surface area contributed by atoms with Crippen molar-refractivity contribution in [3.05, 3.63) is 47.3 Å². The lowest BCUT2D eigenvalue weighted by atomic mass is 10.1. The maximum absolute atomic E-state index is 4.75. The first-order valence-corrected chi connectivity index (χ1v) is 8.48. The predicted octanol–water partition coefficient (Wildman–Crippen LogP) is 3.96. The lowest BCUT2D eigenvalue weighted by molar-refractivity contribution is 0.501. The molecule has 138 valence electrons. The van der Waals surface area contributed by atoms with Crippen LogP contribution in [-0.2, 0) is 6.54 Å². The van der Waals surface area contributed by atoms with Gasteiger partial charge in [0.25, 0.3) is 0 Å². The molecule has 1 aromatic heterocycles. The molecule has 0 bridgehead atoms. The van der Waals surface area contributed by atoms with E-state index in [1.165, 1.54) is 0 Å². The average molecular weight is 455 g/mol. The Bertz CT molecular complexity index is 713. The van der Waals surface area contributed by atoms with Gasteiger partial charge >= 0.3 is 0 Å². The number of para-hydroxylation sites is 1. The summed E-state index contributed by atoms with van der Waals surface area (Å²) in [4.78, 5) is 4.75. The second-order valence-corrected chi connectivity index (χ2v) is 7.04. The van der Waals surface area contributed by atoms with Gasteiger partial charge in [0.2, 0.25) is 0 Å². The molecular weight excluding hydrogens is 425 g/mol. The summed E-state index contributed by atoms with van der Waals surface area (Å²) in [6, 6.07) is 10.4. The van der Waals surface area contributed by atoms with Crippen molar-refractivity contribution in [2.24, 2.45) is 4.99 Å². The van der Waals surface area contributed by atoms with Crippen molar-refractivity contribution in [3.8, 4) is 5.69 Å². The number of aromatic nitrogens is 2. The number of hydrogen-bond donors (Lipinski definition) is 2. The molecule has 0 aliphatic carbocycles. The average Bonchev–Trinajstić information content (AvgIpc) is 2.82. The van der Waals surface area contributed by atoms with Crippen LogP contribution in [0.5, 0.6) is 0 Å². The largest absolute Gasteiger partial charge is 0.357 e. The van der Waals surface area contributed by atoms with Crippen LogP contribution in [0, 0.1) is 13.8 Å². The molecule has 2 N–H and O–H groups in total. The lowest BCUT2D eigenvalue weighted by Gasteiger charge is -2.23. The monoisotopic (exact) mass is 455 g/mol. The second-order valence-electron chi connectivity index (χ2n) is 7.04. The molecule has 1 heterocycles. The Kier molecular flexibility index (Phi) is 7.92. The molecule has 2 aromatic rings. The van der Waals surface area contributed by atoms with Gasteiger partial charge in [0.15, 0.2) is 5.96 Å². The number of nitrogens with one attached hydrogen (secondary N) is 2. The first kappa shape index (κ1) is 21.5. The van der Waals surface area contributed by atoms with Gasteiger partial charge in [0, 0.05) is 17.8 Å². The fourth-order valence-corrected chi connectivity index (χ4v) is 2.55. The van der Waals surface area contributed by atoms with Crippen molar-refractivity contribution < 1.29 is 0 Å². The highest BCUT2D eigenvalue weighted by atomic mass is 127. The molecule has 6 heteroatoms. The van der Waals surface area contributed by atoms with E-state index < -0.39 is 0 Å². The van der Waals surface area contributed by atoms with E-state index in [0.717, 1.165) is 35.1 Å². The first-order chi connectivity index (χ1) is 11.3.